The lowest BCUT2D eigenvalue weighted by molar-refractivity contribution is -0.122. The molecule has 1 N–H and O–H groups in total. The van der Waals surface area contributed by atoms with Crippen molar-refractivity contribution in [1.82, 2.24) is 0 Å². The molecular weight excluding hydrogens is 326 g/mol. The Morgan fingerprint density at radius 1 is 0.923 bits per heavy atom. The fourth-order valence-electron chi connectivity index (χ4n) is 3.26. The summed E-state index contributed by atoms with van der Waals surface area (Å²) in [6.45, 7) is 5.70. The van der Waals surface area contributed by atoms with E-state index in [0.717, 1.165) is 18.6 Å². The highest BCUT2D eigenvalue weighted by atomic mass is 16.5. The third-order valence-corrected chi connectivity index (χ3v) is 4.53. The zero-order chi connectivity index (χ0) is 18.5. The first-order chi connectivity index (χ1) is 12.5. The van der Waals surface area contributed by atoms with Crippen molar-refractivity contribution in [1.29, 1.82) is 0 Å². The molecule has 1 atom stereocenters. The van der Waals surface area contributed by atoms with E-state index in [0.29, 0.717) is 11.4 Å². The van der Waals surface area contributed by atoms with E-state index in [-0.39, 0.29) is 12.0 Å². The van der Waals surface area contributed by atoms with Gasteiger partial charge < -0.3 is 14.8 Å². The molecule has 1 aliphatic rings. The Morgan fingerprint density at radius 2 is 1.65 bits per heavy atom. The maximum absolute atomic E-state index is 12.6. The highest BCUT2D eigenvalue weighted by Crippen LogP contribution is 2.30. The molecule has 0 fully saturated rings. The molecule has 3 rings (SSSR count). The lowest BCUT2D eigenvalue weighted by Gasteiger charge is -2.22. The molecule has 2 aromatic rings. The van der Waals surface area contributed by atoms with Crippen LogP contribution in [-0.4, -0.2) is 18.1 Å². The second kappa shape index (κ2) is 8.26. The molecule has 0 saturated carbocycles. The summed E-state index contributed by atoms with van der Waals surface area (Å²) in [5, 5.41) is 2.93. The molecule has 4 heteroatoms. The first-order valence-electron chi connectivity index (χ1n) is 9.38. The van der Waals surface area contributed by atoms with Gasteiger partial charge in [-0.3, -0.25) is 4.79 Å². The van der Waals surface area contributed by atoms with Gasteiger partial charge in [0, 0.05) is 0 Å². The Bertz CT molecular complexity index is 770. The fourth-order valence-corrected chi connectivity index (χ4v) is 3.26. The van der Waals surface area contributed by atoms with E-state index in [1.54, 1.807) is 6.92 Å². The van der Waals surface area contributed by atoms with Gasteiger partial charge in [-0.25, -0.2) is 0 Å². The second-order valence-electron chi connectivity index (χ2n) is 7.01. The van der Waals surface area contributed by atoms with Crippen molar-refractivity contribution in [3.05, 3.63) is 53.6 Å². The van der Waals surface area contributed by atoms with Crippen molar-refractivity contribution in [2.75, 3.05) is 5.32 Å². The number of carbonyl (C=O) groups excluding carboxylic acids is 1. The maximum Gasteiger partial charge on any atom is 0.265 e. The third kappa shape index (κ3) is 4.37. The van der Waals surface area contributed by atoms with Crippen LogP contribution in [0.5, 0.6) is 11.5 Å². The Hall–Kier alpha value is -2.49. The summed E-state index contributed by atoms with van der Waals surface area (Å²) >= 11 is 0. The average Bonchev–Trinajstić information content (AvgIpc) is 2.63. The average molecular weight is 353 g/mol. The topological polar surface area (TPSA) is 47.6 Å². The number of para-hydroxylation sites is 2. The molecule has 0 aliphatic heterocycles. The van der Waals surface area contributed by atoms with Crippen LogP contribution in [-0.2, 0) is 17.6 Å². The van der Waals surface area contributed by atoms with E-state index in [4.69, 9.17) is 9.47 Å². The predicted octanol–water partition coefficient (Wildman–Crippen LogP) is 4.76. The number of ether oxygens (including phenoxy) is 2. The minimum Gasteiger partial charge on any atom is -0.489 e. The van der Waals surface area contributed by atoms with Crippen molar-refractivity contribution in [3.8, 4) is 11.5 Å². The van der Waals surface area contributed by atoms with Gasteiger partial charge in [-0.2, -0.15) is 0 Å². The van der Waals surface area contributed by atoms with Crippen molar-refractivity contribution in [2.24, 2.45) is 0 Å². The molecule has 1 amide bonds. The lowest BCUT2D eigenvalue weighted by atomic mass is 9.91. The van der Waals surface area contributed by atoms with Gasteiger partial charge >= 0.3 is 0 Å². The van der Waals surface area contributed by atoms with Crippen LogP contribution in [0.2, 0.25) is 0 Å². The predicted molar refractivity (Wildman–Crippen MR) is 104 cm³/mol. The first kappa shape index (κ1) is 18.3. The van der Waals surface area contributed by atoms with Crippen LogP contribution in [0.15, 0.2) is 42.5 Å². The molecule has 1 unspecified atom stereocenters. The van der Waals surface area contributed by atoms with Crippen LogP contribution < -0.4 is 14.8 Å². The zero-order valence-corrected chi connectivity index (χ0v) is 15.7. The van der Waals surface area contributed by atoms with Crippen molar-refractivity contribution in [2.45, 2.75) is 58.7 Å². The summed E-state index contributed by atoms with van der Waals surface area (Å²) in [5.41, 5.74) is 3.26. The van der Waals surface area contributed by atoms with Crippen molar-refractivity contribution < 1.29 is 14.3 Å². The zero-order valence-electron chi connectivity index (χ0n) is 15.7. The summed E-state index contributed by atoms with van der Waals surface area (Å²) in [4.78, 5) is 12.6. The number of fused-ring (bicyclic) bond motifs is 1. The lowest BCUT2D eigenvalue weighted by Crippen LogP contribution is -2.31. The fraction of sp³-hybridized carbons (Fsp3) is 0.409. The largest absolute Gasteiger partial charge is 0.489 e. The van der Waals surface area contributed by atoms with Crippen molar-refractivity contribution >= 4 is 11.6 Å². The number of hydrogen-bond acceptors (Lipinski definition) is 3. The number of nitrogens with one attached hydrogen (secondary N) is 1. The molecule has 0 radical (unpaired) electrons. The molecule has 0 aromatic heterocycles. The minimum absolute atomic E-state index is 0.0394. The van der Waals surface area contributed by atoms with Gasteiger partial charge in [0.15, 0.2) is 6.10 Å². The molecule has 0 saturated heterocycles. The number of aryl methyl sites for hydroxylation is 1. The van der Waals surface area contributed by atoms with E-state index < -0.39 is 6.10 Å². The number of anilines is 1. The second-order valence-corrected chi connectivity index (χ2v) is 7.01. The van der Waals surface area contributed by atoms with Gasteiger partial charge in [0.2, 0.25) is 0 Å². The highest BCUT2D eigenvalue weighted by molar-refractivity contribution is 5.95. The number of amides is 1. The Balaban J connectivity index is 1.70. The summed E-state index contributed by atoms with van der Waals surface area (Å²) < 4.78 is 11.8. The Kier molecular flexibility index (Phi) is 5.82. The van der Waals surface area contributed by atoms with Crippen LogP contribution >= 0.6 is 0 Å². The van der Waals surface area contributed by atoms with E-state index in [2.05, 4.69) is 11.4 Å². The van der Waals surface area contributed by atoms with Crippen LogP contribution in [0.3, 0.4) is 0 Å². The maximum atomic E-state index is 12.6. The summed E-state index contributed by atoms with van der Waals surface area (Å²) in [6, 6.07) is 13.6. The molecule has 138 valence electrons. The first-order valence-corrected chi connectivity index (χ1v) is 9.38. The molecule has 4 nitrogen and oxygen atoms in total. The quantitative estimate of drug-likeness (QED) is 0.814. The highest BCUT2D eigenvalue weighted by Gasteiger charge is 2.20. The van der Waals surface area contributed by atoms with Gasteiger partial charge in [-0.1, -0.05) is 24.3 Å². The van der Waals surface area contributed by atoms with Gasteiger partial charge in [-0.15, -0.1) is 0 Å². The summed E-state index contributed by atoms with van der Waals surface area (Å²) in [6.07, 6.45) is 3.96. The van der Waals surface area contributed by atoms with Gasteiger partial charge in [0.05, 0.1) is 11.8 Å². The molecule has 0 spiro atoms. The molecule has 26 heavy (non-hydrogen) atoms. The normalized spacial score (nSPS) is 14.5. The monoisotopic (exact) mass is 353 g/mol. The Labute approximate surface area is 155 Å². The third-order valence-electron chi connectivity index (χ3n) is 4.53. The van der Waals surface area contributed by atoms with Gasteiger partial charge in [0.1, 0.15) is 11.5 Å². The van der Waals surface area contributed by atoms with E-state index in [1.807, 2.05) is 50.2 Å². The van der Waals surface area contributed by atoms with E-state index >= 15 is 0 Å². The number of rotatable bonds is 6. The van der Waals surface area contributed by atoms with E-state index in [1.165, 1.54) is 24.0 Å². The number of hydrogen-bond donors (Lipinski definition) is 1. The van der Waals surface area contributed by atoms with Crippen LogP contribution in [0.4, 0.5) is 5.69 Å². The van der Waals surface area contributed by atoms with Crippen LogP contribution in [0.25, 0.3) is 0 Å². The summed E-state index contributed by atoms with van der Waals surface area (Å²) in [5.74, 6) is 1.31. The molecule has 0 heterocycles. The van der Waals surface area contributed by atoms with Gasteiger partial charge in [0.25, 0.3) is 5.91 Å². The standard InChI is InChI=1S/C22H27NO3/c1-15(2)25-21-13-7-6-12-19(21)23-22(24)16(3)26-20-14-8-10-17-9-4-5-11-18(17)20/h6-8,10,12-16H,4-5,9,11H2,1-3H3,(H,23,24). The van der Waals surface area contributed by atoms with E-state index in [9.17, 15) is 4.79 Å². The molecule has 1 aliphatic carbocycles. The van der Waals surface area contributed by atoms with Crippen LogP contribution in [0, 0.1) is 0 Å². The minimum atomic E-state index is -0.587. The molecule has 2 aromatic carbocycles. The SMILES string of the molecule is CC(C)Oc1ccccc1NC(=O)C(C)Oc1cccc2c1CCCC2. The number of carbonyl (C=O) groups is 1. The van der Waals surface area contributed by atoms with Crippen molar-refractivity contribution in [3.63, 3.8) is 0 Å². The molecular formula is C22H27NO3. The number of benzene rings is 2. The smallest absolute Gasteiger partial charge is 0.265 e. The van der Waals surface area contributed by atoms with Crippen LogP contribution in [0.1, 0.15) is 44.7 Å². The molecule has 0 bridgehead atoms. The Morgan fingerprint density at radius 3 is 2.46 bits per heavy atom. The summed E-state index contributed by atoms with van der Waals surface area (Å²) in [7, 11) is 0. The van der Waals surface area contributed by atoms with Gasteiger partial charge in [-0.05, 0) is 75.8 Å².